The Morgan fingerprint density at radius 2 is 1.59 bits per heavy atom. The number of carboxylic acid groups (broad SMARTS) is 1. The number of esters is 2. The standard InChI is InChI=1S/C30H31F6N5O10/c1-5-28(37)11-19(25-20(41(28)27(46)47)6-7-22(39-25)48-4)24(16-8-17(29(31,32)33)10-18(9-16)30(34,35)36)26(38-21(44)12-49-14(2)42)40-51-23(45)13-50-15(3)43/h6-10,19,24H,5,11-13,37H2,1-4H3,(H,46,47)(H,38,40,44)/t19-,24?,28+/m0/s1. The van der Waals surface area contributed by atoms with Crippen molar-refractivity contribution in [1.82, 2.24) is 10.3 Å². The van der Waals surface area contributed by atoms with Crippen LogP contribution in [-0.4, -0.2) is 71.8 Å². The van der Waals surface area contributed by atoms with Gasteiger partial charge in [-0.1, -0.05) is 12.1 Å². The number of anilines is 1. The van der Waals surface area contributed by atoms with Gasteiger partial charge in [-0.3, -0.25) is 19.3 Å². The molecule has 51 heavy (non-hydrogen) atoms. The number of methoxy groups -OCH3 is 1. The van der Waals surface area contributed by atoms with Crippen LogP contribution in [0.2, 0.25) is 0 Å². The molecule has 15 nitrogen and oxygen atoms in total. The highest BCUT2D eigenvalue weighted by Crippen LogP contribution is 2.50. The average molecular weight is 736 g/mol. The van der Waals surface area contributed by atoms with Crippen LogP contribution in [0, 0.1) is 0 Å². The van der Waals surface area contributed by atoms with Gasteiger partial charge in [-0.2, -0.15) is 26.3 Å². The first-order valence-electron chi connectivity index (χ1n) is 14.6. The number of nitrogens with two attached hydrogens (primary N) is 1. The minimum absolute atomic E-state index is 0.155. The van der Waals surface area contributed by atoms with Crippen molar-refractivity contribution < 1.29 is 74.5 Å². The van der Waals surface area contributed by atoms with Crippen LogP contribution < -0.4 is 20.7 Å². The van der Waals surface area contributed by atoms with Gasteiger partial charge in [-0.15, -0.1) is 0 Å². The molecule has 2 aromatic rings. The van der Waals surface area contributed by atoms with E-state index in [1.54, 1.807) is 0 Å². The van der Waals surface area contributed by atoms with Crippen molar-refractivity contribution in [2.75, 3.05) is 25.2 Å². The quantitative estimate of drug-likeness (QED) is 0.0789. The van der Waals surface area contributed by atoms with E-state index in [-0.39, 0.29) is 29.7 Å². The summed E-state index contributed by atoms with van der Waals surface area (Å²) in [6, 6.07) is 2.90. The van der Waals surface area contributed by atoms with Crippen molar-refractivity contribution in [3.63, 3.8) is 0 Å². The number of ether oxygens (including phenoxy) is 3. The summed E-state index contributed by atoms with van der Waals surface area (Å²) >= 11 is 0. The molecule has 1 aromatic carbocycles. The number of pyridine rings is 1. The molecule has 2 amide bonds. The molecule has 1 unspecified atom stereocenters. The van der Waals surface area contributed by atoms with E-state index >= 15 is 0 Å². The van der Waals surface area contributed by atoms with E-state index in [0.717, 1.165) is 13.8 Å². The molecular weight excluding hydrogens is 704 g/mol. The number of hydrogen-bond acceptors (Lipinski definition) is 12. The van der Waals surface area contributed by atoms with Gasteiger partial charge in [0.05, 0.1) is 41.2 Å². The van der Waals surface area contributed by atoms with Crippen LogP contribution in [0.1, 0.15) is 67.8 Å². The number of hydrogen-bond donors (Lipinski definition) is 3. The fourth-order valence-corrected chi connectivity index (χ4v) is 5.23. The molecule has 1 aliphatic rings. The van der Waals surface area contributed by atoms with Crippen LogP contribution in [0.5, 0.6) is 5.88 Å². The zero-order valence-corrected chi connectivity index (χ0v) is 27.2. The number of oxime groups is 1. The van der Waals surface area contributed by atoms with Gasteiger partial charge in [0.2, 0.25) is 5.88 Å². The Morgan fingerprint density at radius 3 is 2.08 bits per heavy atom. The highest BCUT2D eigenvalue weighted by molar-refractivity contribution is 6.03. The second-order valence-electron chi connectivity index (χ2n) is 11.0. The SMILES string of the molecule is CC[C@]1(N)C[C@@H](C(C(=NOC(=O)COC(C)=O)NC(=O)COC(C)=O)c2cc(C(F)(F)F)cc(C(F)(F)F)c2)c2nc(OC)ccc2N1C(=O)O. The zero-order chi connectivity index (χ0) is 38.5. The molecule has 4 N–H and O–H groups in total. The molecule has 0 fully saturated rings. The number of amides is 2. The van der Waals surface area contributed by atoms with Gasteiger partial charge in [-0.05, 0) is 42.7 Å². The molecular formula is C30H31F6N5O10. The lowest BCUT2D eigenvalue weighted by molar-refractivity contribution is -0.157. The second-order valence-corrected chi connectivity index (χ2v) is 11.0. The lowest BCUT2D eigenvalue weighted by atomic mass is 9.73. The van der Waals surface area contributed by atoms with Crippen molar-refractivity contribution in [1.29, 1.82) is 0 Å². The Kier molecular flexibility index (Phi) is 12.2. The van der Waals surface area contributed by atoms with Crippen molar-refractivity contribution in [2.45, 2.75) is 63.5 Å². The Morgan fingerprint density at radius 1 is 1.02 bits per heavy atom. The molecule has 1 aromatic heterocycles. The maximum atomic E-state index is 14.1. The lowest BCUT2D eigenvalue weighted by Gasteiger charge is -2.47. The van der Waals surface area contributed by atoms with Crippen LogP contribution in [0.4, 0.5) is 36.8 Å². The summed E-state index contributed by atoms with van der Waals surface area (Å²) in [5.74, 6) is -9.22. The summed E-state index contributed by atoms with van der Waals surface area (Å²) < 4.78 is 99.2. The molecule has 2 heterocycles. The van der Waals surface area contributed by atoms with E-state index in [1.807, 2.05) is 0 Å². The zero-order valence-electron chi connectivity index (χ0n) is 27.2. The van der Waals surface area contributed by atoms with Crippen LogP contribution in [0.3, 0.4) is 0 Å². The molecule has 0 saturated heterocycles. The number of amidine groups is 1. The van der Waals surface area contributed by atoms with Crippen LogP contribution in [0.15, 0.2) is 35.5 Å². The van der Waals surface area contributed by atoms with E-state index in [1.165, 1.54) is 26.2 Å². The molecule has 278 valence electrons. The minimum atomic E-state index is -5.36. The number of nitrogens with one attached hydrogen (secondary N) is 1. The van der Waals surface area contributed by atoms with Crippen LogP contribution in [-0.2, 0) is 45.8 Å². The Bertz CT molecular complexity index is 1680. The fraction of sp³-hybridized carbons (Fsp3) is 0.433. The lowest BCUT2D eigenvalue weighted by Crippen LogP contribution is -2.62. The molecule has 0 aliphatic carbocycles. The van der Waals surface area contributed by atoms with Gasteiger partial charge in [-0.25, -0.2) is 14.6 Å². The highest BCUT2D eigenvalue weighted by Gasteiger charge is 2.50. The molecule has 21 heteroatoms. The highest BCUT2D eigenvalue weighted by atomic mass is 19.4. The van der Waals surface area contributed by atoms with Crippen molar-refractivity contribution in [3.05, 3.63) is 52.7 Å². The third kappa shape index (κ3) is 9.83. The normalized spacial score (nSPS) is 18.2. The number of aromatic nitrogens is 1. The van der Waals surface area contributed by atoms with E-state index in [4.69, 9.17) is 15.3 Å². The number of benzene rings is 1. The van der Waals surface area contributed by atoms with Gasteiger partial charge in [0.15, 0.2) is 19.0 Å². The average Bonchev–Trinajstić information content (AvgIpc) is 3.03. The Labute approximate surface area is 284 Å². The Hall–Kier alpha value is -5.47. The molecule has 0 bridgehead atoms. The van der Waals surface area contributed by atoms with E-state index in [0.29, 0.717) is 17.0 Å². The number of fused-ring (bicyclic) bond motifs is 1. The summed E-state index contributed by atoms with van der Waals surface area (Å²) in [5, 5.41) is 15.8. The predicted octanol–water partition coefficient (Wildman–Crippen LogP) is 4.05. The van der Waals surface area contributed by atoms with Crippen LogP contribution in [0.25, 0.3) is 0 Å². The van der Waals surface area contributed by atoms with Gasteiger partial charge >= 0.3 is 36.4 Å². The first-order valence-corrected chi connectivity index (χ1v) is 14.6. The molecule has 0 saturated carbocycles. The second kappa shape index (κ2) is 15.6. The van der Waals surface area contributed by atoms with Gasteiger partial charge in [0, 0.05) is 25.8 Å². The maximum Gasteiger partial charge on any atom is 0.416 e. The minimum Gasteiger partial charge on any atom is -0.481 e. The number of carbonyl (C=O) groups is 5. The Balaban J connectivity index is 2.48. The van der Waals surface area contributed by atoms with Crippen LogP contribution >= 0.6 is 0 Å². The smallest absolute Gasteiger partial charge is 0.416 e. The van der Waals surface area contributed by atoms with E-state index < -0.39 is 102 Å². The topological polar surface area (TPSA) is 209 Å². The molecule has 0 spiro atoms. The largest absolute Gasteiger partial charge is 0.481 e. The maximum absolute atomic E-state index is 14.1. The third-order valence-electron chi connectivity index (χ3n) is 7.48. The van der Waals surface area contributed by atoms with Gasteiger partial charge in [0.25, 0.3) is 5.91 Å². The summed E-state index contributed by atoms with van der Waals surface area (Å²) in [7, 11) is 1.17. The number of rotatable bonds is 10. The number of halogens is 6. The first kappa shape index (κ1) is 40.0. The summed E-state index contributed by atoms with van der Waals surface area (Å²) in [4.78, 5) is 70.2. The van der Waals surface area contributed by atoms with Crippen molar-refractivity contribution >= 4 is 41.4 Å². The third-order valence-corrected chi connectivity index (χ3v) is 7.48. The predicted molar refractivity (Wildman–Crippen MR) is 160 cm³/mol. The van der Waals surface area contributed by atoms with Crippen molar-refractivity contribution in [3.8, 4) is 5.88 Å². The summed E-state index contributed by atoms with van der Waals surface area (Å²) in [6.07, 6.45) is -13.1. The molecule has 3 rings (SSSR count). The first-order chi connectivity index (χ1) is 23.6. The number of carbonyl (C=O) groups excluding carboxylic acids is 4. The molecule has 3 atom stereocenters. The number of alkyl halides is 6. The fourth-order valence-electron chi connectivity index (χ4n) is 5.23. The summed E-state index contributed by atoms with van der Waals surface area (Å²) in [5.41, 5.74) is -0.292. The van der Waals surface area contributed by atoms with Gasteiger partial charge in [0.1, 0.15) is 0 Å². The monoisotopic (exact) mass is 735 g/mol. The van der Waals surface area contributed by atoms with Crippen molar-refractivity contribution in [2.24, 2.45) is 10.9 Å². The molecule has 0 radical (unpaired) electrons. The van der Waals surface area contributed by atoms with E-state index in [2.05, 4.69) is 24.9 Å². The summed E-state index contributed by atoms with van der Waals surface area (Å²) in [6.45, 7) is 1.23. The van der Waals surface area contributed by atoms with Gasteiger partial charge < -0.3 is 35.2 Å². The molecule has 1 aliphatic heterocycles. The van der Waals surface area contributed by atoms with E-state index in [9.17, 15) is 55.4 Å². The number of nitrogens with zero attached hydrogens (tertiary/aromatic N) is 3.